The molecule has 0 saturated carbocycles. The average Bonchev–Trinajstić information content (AvgIpc) is 2.45. The summed E-state index contributed by atoms with van der Waals surface area (Å²) in [4.78, 5) is 4.23. The molecule has 0 bridgehead atoms. The van der Waals surface area contributed by atoms with Crippen LogP contribution in [-0.2, 0) is 11.3 Å². The van der Waals surface area contributed by atoms with Gasteiger partial charge in [0.25, 0.3) is 0 Å². The summed E-state index contributed by atoms with van der Waals surface area (Å²) in [5.41, 5.74) is 0. The van der Waals surface area contributed by atoms with Crippen molar-refractivity contribution in [2.45, 2.75) is 20.4 Å². The Labute approximate surface area is 84.5 Å². The monoisotopic (exact) mass is 198 g/mol. The van der Waals surface area contributed by atoms with Crippen LogP contribution in [0, 0.1) is 13.8 Å². The predicted octanol–water partition coefficient (Wildman–Crippen LogP) is 0.131. The number of ether oxygens (including phenoxy) is 1. The summed E-state index contributed by atoms with van der Waals surface area (Å²) < 4.78 is 6.84. The quantitative estimate of drug-likeness (QED) is 0.660. The topological polar surface area (TPSA) is 52.0 Å². The number of aryl methyl sites for hydroxylation is 2. The Morgan fingerprint density at radius 1 is 1.36 bits per heavy atom. The zero-order valence-corrected chi connectivity index (χ0v) is 9.08. The van der Waals surface area contributed by atoms with Gasteiger partial charge in [0, 0.05) is 20.2 Å². The van der Waals surface area contributed by atoms with Crippen LogP contribution in [0.15, 0.2) is 0 Å². The van der Waals surface area contributed by atoms with Crippen LogP contribution in [0.1, 0.15) is 11.6 Å². The van der Waals surface area contributed by atoms with E-state index in [1.807, 2.05) is 18.5 Å². The highest BCUT2D eigenvalue weighted by Crippen LogP contribution is 1.94. The highest BCUT2D eigenvalue weighted by Gasteiger charge is 2.00. The van der Waals surface area contributed by atoms with Crippen LogP contribution >= 0.6 is 0 Å². The van der Waals surface area contributed by atoms with Gasteiger partial charge in [-0.2, -0.15) is 5.10 Å². The number of nitrogens with one attached hydrogen (secondary N) is 1. The van der Waals surface area contributed by atoms with Gasteiger partial charge in [0.15, 0.2) is 0 Å². The van der Waals surface area contributed by atoms with Crippen molar-refractivity contribution in [2.75, 3.05) is 26.8 Å². The van der Waals surface area contributed by atoms with Crippen molar-refractivity contribution < 1.29 is 4.74 Å². The predicted molar refractivity (Wildman–Crippen MR) is 54.2 cm³/mol. The molecule has 0 spiro atoms. The van der Waals surface area contributed by atoms with E-state index in [9.17, 15) is 0 Å². The maximum Gasteiger partial charge on any atom is 0.147 e. The fraction of sp³-hybridized carbons (Fsp3) is 0.778. The molecule has 1 heterocycles. The molecule has 5 nitrogen and oxygen atoms in total. The van der Waals surface area contributed by atoms with Gasteiger partial charge in [-0.25, -0.2) is 9.67 Å². The molecule has 0 aliphatic heterocycles. The number of hydrogen-bond donors (Lipinski definition) is 1. The maximum atomic E-state index is 4.92. The summed E-state index contributed by atoms with van der Waals surface area (Å²) in [5, 5.41) is 7.52. The molecule has 0 aliphatic carbocycles. The van der Waals surface area contributed by atoms with E-state index >= 15 is 0 Å². The molecule has 1 N–H and O–H groups in total. The van der Waals surface area contributed by atoms with Gasteiger partial charge in [-0.05, 0) is 13.8 Å². The Hall–Kier alpha value is -0.940. The number of hydrogen-bond acceptors (Lipinski definition) is 4. The lowest BCUT2D eigenvalue weighted by Gasteiger charge is -2.04. The molecule has 0 amide bonds. The largest absolute Gasteiger partial charge is 0.383 e. The average molecular weight is 198 g/mol. The van der Waals surface area contributed by atoms with E-state index in [0.29, 0.717) is 0 Å². The van der Waals surface area contributed by atoms with Crippen LogP contribution in [-0.4, -0.2) is 41.6 Å². The van der Waals surface area contributed by atoms with Crippen molar-refractivity contribution in [1.29, 1.82) is 0 Å². The Balaban J connectivity index is 2.21. The Morgan fingerprint density at radius 2 is 2.14 bits per heavy atom. The van der Waals surface area contributed by atoms with E-state index in [0.717, 1.165) is 37.9 Å². The third-order valence-electron chi connectivity index (χ3n) is 1.95. The van der Waals surface area contributed by atoms with Gasteiger partial charge in [0.1, 0.15) is 11.6 Å². The SMILES string of the molecule is COCCNCCn1nc(C)nc1C. The first-order valence-electron chi connectivity index (χ1n) is 4.81. The molecule has 1 aromatic rings. The zero-order chi connectivity index (χ0) is 10.4. The lowest BCUT2D eigenvalue weighted by atomic mass is 10.5. The summed E-state index contributed by atoms with van der Waals surface area (Å²) in [6, 6.07) is 0. The fourth-order valence-electron chi connectivity index (χ4n) is 1.26. The van der Waals surface area contributed by atoms with E-state index in [2.05, 4.69) is 15.4 Å². The second kappa shape index (κ2) is 5.72. The molecule has 1 rings (SSSR count). The van der Waals surface area contributed by atoms with Crippen molar-refractivity contribution in [3.05, 3.63) is 11.6 Å². The maximum absolute atomic E-state index is 4.92. The number of methoxy groups -OCH3 is 1. The van der Waals surface area contributed by atoms with Gasteiger partial charge in [0.05, 0.1) is 13.2 Å². The van der Waals surface area contributed by atoms with Crippen LogP contribution in [0.5, 0.6) is 0 Å². The Bertz CT molecular complexity index is 272. The third kappa shape index (κ3) is 3.43. The Kier molecular flexibility index (Phi) is 4.55. The summed E-state index contributed by atoms with van der Waals surface area (Å²) >= 11 is 0. The van der Waals surface area contributed by atoms with E-state index in [-0.39, 0.29) is 0 Å². The molecule has 0 saturated heterocycles. The fourth-order valence-corrected chi connectivity index (χ4v) is 1.26. The summed E-state index contributed by atoms with van der Waals surface area (Å²) in [7, 11) is 1.70. The second-order valence-electron chi connectivity index (χ2n) is 3.17. The van der Waals surface area contributed by atoms with Gasteiger partial charge in [-0.15, -0.1) is 0 Å². The number of aromatic nitrogens is 3. The molecule has 0 aliphatic rings. The molecule has 1 aromatic heterocycles. The molecule has 0 radical (unpaired) electrons. The van der Waals surface area contributed by atoms with Crippen molar-refractivity contribution in [2.24, 2.45) is 0 Å². The minimum Gasteiger partial charge on any atom is -0.383 e. The molecule has 80 valence electrons. The van der Waals surface area contributed by atoms with Crippen LogP contribution < -0.4 is 5.32 Å². The van der Waals surface area contributed by atoms with Crippen LogP contribution in [0.2, 0.25) is 0 Å². The van der Waals surface area contributed by atoms with E-state index in [1.54, 1.807) is 7.11 Å². The molecule has 0 unspecified atom stereocenters. The summed E-state index contributed by atoms with van der Waals surface area (Å²) in [6.45, 7) is 7.25. The van der Waals surface area contributed by atoms with Crippen molar-refractivity contribution in [1.82, 2.24) is 20.1 Å². The molecule has 0 aromatic carbocycles. The van der Waals surface area contributed by atoms with Gasteiger partial charge in [-0.1, -0.05) is 0 Å². The summed E-state index contributed by atoms with van der Waals surface area (Å²) in [6.07, 6.45) is 0. The van der Waals surface area contributed by atoms with Crippen LogP contribution in [0.25, 0.3) is 0 Å². The first-order chi connectivity index (χ1) is 6.74. The highest BCUT2D eigenvalue weighted by atomic mass is 16.5. The van der Waals surface area contributed by atoms with Crippen LogP contribution in [0.3, 0.4) is 0 Å². The van der Waals surface area contributed by atoms with Crippen molar-refractivity contribution in [3.63, 3.8) is 0 Å². The minimum atomic E-state index is 0.745. The smallest absolute Gasteiger partial charge is 0.147 e. The van der Waals surface area contributed by atoms with Gasteiger partial charge < -0.3 is 10.1 Å². The molecular formula is C9H18N4O. The molecule has 14 heavy (non-hydrogen) atoms. The van der Waals surface area contributed by atoms with Gasteiger partial charge in [-0.3, -0.25) is 0 Å². The molecule has 0 atom stereocenters. The molecule has 5 heteroatoms. The standard InChI is InChI=1S/C9H18N4O/c1-8-11-9(2)13(12-8)6-4-10-5-7-14-3/h10H,4-7H2,1-3H3. The normalized spacial score (nSPS) is 10.8. The lowest BCUT2D eigenvalue weighted by molar-refractivity contribution is 0.199. The number of rotatable bonds is 6. The first kappa shape index (κ1) is 11.1. The van der Waals surface area contributed by atoms with Gasteiger partial charge in [0.2, 0.25) is 0 Å². The Morgan fingerprint density at radius 3 is 2.71 bits per heavy atom. The third-order valence-corrected chi connectivity index (χ3v) is 1.95. The van der Waals surface area contributed by atoms with E-state index in [1.165, 1.54) is 0 Å². The molecular weight excluding hydrogens is 180 g/mol. The minimum absolute atomic E-state index is 0.745. The molecule has 0 fully saturated rings. The van der Waals surface area contributed by atoms with E-state index in [4.69, 9.17) is 4.74 Å². The lowest BCUT2D eigenvalue weighted by Crippen LogP contribution is -2.24. The van der Waals surface area contributed by atoms with Crippen molar-refractivity contribution >= 4 is 0 Å². The van der Waals surface area contributed by atoms with Gasteiger partial charge >= 0.3 is 0 Å². The van der Waals surface area contributed by atoms with Crippen molar-refractivity contribution in [3.8, 4) is 0 Å². The van der Waals surface area contributed by atoms with E-state index < -0.39 is 0 Å². The summed E-state index contributed by atoms with van der Waals surface area (Å²) in [5.74, 6) is 1.80. The first-order valence-corrected chi connectivity index (χ1v) is 4.81. The highest BCUT2D eigenvalue weighted by molar-refractivity contribution is 4.87. The zero-order valence-electron chi connectivity index (χ0n) is 9.08. The number of nitrogens with zero attached hydrogens (tertiary/aromatic N) is 3. The van der Waals surface area contributed by atoms with Crippen LogP contribution in [0.4, 0.5) is 0 Å². The second-order valence-corrected chi connectivity index (χ2v) is 3.17.